The molecule has 65 heavy (non-hydrogen) atoms. The Morgan fingerprint density at radius 2 is 1.09 bits per heavy atom. The van der Waals surface area contributed by atoms with Gasteiger partial charge in [0.05, 0.1) is 11.4 Å². The maximum atomic E-state index is 7.18. The number of benzene rings is 8. The van der Waals surface area contributed by atoms with Crippen LogP contribution in [0.4, 0.5) is 28.4 Å². The van der Waals surface area contributed by atoms with E-state index in [1.807, 2.05) is 0 Å². The molecule has 0 saturated heterocycles. The lowest BCUT2D eigenvalue weighted by molar-refractivity contribution is 0.590. The summed E-state index contributed by atoms with van der Waals surface area (Å²) >= 11 is 0. The van der Waals surface area contributed by atoms with Crippen LogP contribution in [-0.4, -0.2) is 6.85 Å². The van der Waals surface area contributed by atoms with Gasteiger partial charge in [-0.25, -0.2) is 0 Å². The van der Waals surface area contributed by atoms with Gasteiger partial charge in [0.15, 0.2) is 5.58 Å². The zero-order valence-electron chi connectivity index (χ0n) is 39.5. The number of anilines is 5. The van der Waals surface area contributed by atoms with Crippen LogP contribution < -0.4 is 20.6 Å². The standard InChI is InChI=1S/C61H57BN2O/c1-38-18-14-15-21-45(38)40-34-50-46-30-26-43(61(8,9)10)37-53(46)64(44-28-24-41(25-29-44)59(2,3)4)62-51-32-31-48-47-22-16-17-23-55(47)65-58(48)57(51)63(54(35-40)56(50)62)52-33-27-42(60(5,6)7)36-49(52)39-19-12-11-13-20-39/h11-37H,1-10H3. The number of para-hydroxylation sites is 1. The molecule has 0 fully saturated rings. The molecule has 0 radical (unpaired) electrons. The van der Waals surface area contributed by atoms with Crippen molar-refractivity contribution >= 4 is 68.1 Å². The molecule has 3 heterocycles. The Labute approximate surface area is 385 Å². The first kappa shape index (κ1) is 41.0. The van der Waals surface area contributed by atoms with E-state index in [0.717, 1.165) is 39.0 Å². The van der Waals surface area contributed by atoms with E-state index in [1.54, 1.807) is 0 Å². The molecule has 0 bridgehead atoms. The van der Waals surface area contributed by atoms with Crippen LogP contribution in [0.1, 0.15) is 84.6 Å². The van der Waals surface area contributed by atoms with E-state index in [4.69, 9.17) is 4.42 Å². The highest BCUT2D eigenvalue weighted by molar-refractivity contribution is 6.94. The minimum absolute atomic E-state index is 0.0211. The second-order valence-electron chi connectivity index (χ2n) is 21.5. The van der Waals surface area contributed by atoms with Gasteiger partial charge in [0, 0.05) is 39.0 Å². The summed E-state index contributed by atoms with van der Waals surface area (Å²) in [5.41, 5.74) is 22.4. The molecule has 9 aromatic rings. The van der Waals surface area contributed by atoms with Gasteiger partial charge in [0.1, 0.15) is 5.58 Å². The number of hydrogen-bond acceptors (Lipinski definition) is 3. The molecule has 0 aliphatic carbocycles. The summed E-state index contributed by atoms with van der Waals surface area (Å²) in [6.45, 7) is 22.8. The molecular formula is C61H57BN2O. The molecule has 0 saturated carbocycles. The predicted molar refractivity (Wildman–Crippen MR) is 279 cm³/mol. The summed E-state index contributed by atoms with van der Waals surface area (Å²) in [4.78, 5) is 5.21. The summed E-state index contributed by atoms with van der Waals surface area (Å²) in [5, 5.41) is 2.23. The molecule has 0 amide bonds. The summed E-state index contributed by atoms with van der Waals surface area (Å²) in [6, 6.07) is 61.7. The van der Waals surface area contributed by atoms with Crippen LogP contribution in [0.3, 0.4) is 0 Å². The van der Waals surface area contributed by atoms with Crippen LogP contribution in [-0.2, 0) is 16.2 Å². The van der Waals surface area contributed by atoms with Crippen molar-refractivity contribution < 1.29 is 4.42 Å². The summed E-state index contributed by atoms with van der Waals surface area (Å²) in [7, 11) is 0. The maximum absolute atomic E-state index is 7.18. The monoisotopic (exact) mass is 844 g/mol. The minimum Gasteiger partial charge on any atom is -0.454 e. The molecule has 4 heteroatoms. The number of nitrogens with zero attached hydrogens (tertiary/aromatic N) is 2. The molecular weight excluding hydrogens is 787 g/mol. The first-order valence-electron chi connectivity index (χ1n) is 23.3. The van der Waals surface area contributed by atoms with Gasteiger partial charge in [0.25, 0.3) is 0 Å². The lowest BCUT2D eigenvalue weighted by atomic mass is 9.43. The molecule has 0 unspecified atom stereocenters. The van der Waals surface area contributed by atoms with E-state index in [-0.39, 0.29) is 23.1 Å². The van der Waals surface area contributed by atoms with E-state index in [0.29, 0.717) is 0 Å². The van der Waals surface area contributed by atoms with Crippen molar-refractivity contribution in [3.63, 3.8) is 0 Å². The van der Waals surface area contributed by atoms with E-state index in [9.17, 15) is 0 Å². The van der Waals surface area contributed by atoms with Gasteiger partial charge in [-0.2, -0.15) is 0 Å². The van der Waals surface area contributed by atoms with Crippen molar-refractivity contribution in [2.75, 3.05) is 9.71 Å². The fraction of sp³-hybridized carbons (Fsp3) is 0.213. The summed E-state index contributed by atoms with van der Waals surface area (Å²) in [6.07, 6.45) is 0. The SMILES string of the molecule is Cc1ccccc1-c1cc2c3c(c1)N(c1ccc(C(C)(C)C)cc1-c1ccccc1)c1c(ccc4c1oc1ccccc14)B3N(c1ccc(C(C)(C)C)cc1)c1cc(C(C)(C)C)ccc1-2. The van der Waals surface area contributed by atoms with Crippen LogP contribution in [0, 0.1) is 6.92 Å². The van der Waals surface area contributed by atoms with Crippen molar-refractivity contribution in [3.8, 4) is 33.4 Å². The zero-order valence-corrected chi connectivity index (χ0v) is 39.5. The third kappa shape index (κ3) is 6.63. The van der Waals surface area contributed by atoms with Crippen molar-refractivity contribution in [2.24, 2.45) is 0 Å². The van der Waals surface area contributed by atoms with E-state index < -0.39 is 0 Å². The fourth-order valence-electron chi connectivity index (χ4n) is 10.4. The normalized spacial score (nSPS) is 13.6. The first-order valence-corrected chi connectivity index (χ1v) is 23.3. The molecule has 2 aliphatic rings. The number of fused-ring (bicyclic) bond motifs is 8. The van der Waals surface area contributed by atoms with E-state index in [1.165, 1.54) is 77.9 Å². The Balaban J connectivity index is 1.32. The number of aryl methyl sites for hydroxylation is 1. The molecule has 0 spiro atoms. The van der Waals surface area contributed by atoms with Gasteiger partial charge in [-0.15, -0.1) is 0 Å². The smallest absolute Gasteiger partial charge is 0.333 e. The molecule has 3 nitrogen and oxygen atoms in total. The van der Waals surface area contributed by atoms with Gasteiger partial charge in [-0.3, -0.25) is 0 Å². The fourth-order valence-corrected chi connectivity index (χ4v) is 10.4. The van der Waals surface area contributed by atoms with Gasteiger partial charge in [-0.05, 0) is 127 Å². The lowest BCUT2D eigenvalue weighted by Gasteiger charge is -2.46. The van der Waals surface area contributed by atoms with Crippen LogP contribution in [0.5, 0.6) is 0 Å². The predicted octanol–water partition coefficient (Wildman–Crippen LogP) is 15.8. The first-order chi connectivity index (χ1) is 31.1. The molecule has 1 aromatic heterocycles. The minimum atomic E-state index is -0.174. The highest BCUT2D eigenvalue weighted by Gasteiger charge is 2.47. The van der Waals surface area contributed by atoms with Crippen LogP contribution in [0.15, 0.2) is 168 Å². The average molecular weight is 845 g/mol. The van der Waals surface area contributed by atoms with Crippen molar-refractivity contribution in [1.29, 1.82) is 0 Å². The Morgan fingerprint density at radius 3 is 1.82 bits per heavy atom. The van der Waals surface area contributed by atoms with Crippen LogP contribution in [0.25, 0.3) is 55.3 Å². The second kappa shape index (κ2) is 14.6. The third-order valence-corrected chi connectivity index (χ3v) is 14.1. The molecule has 11 rings (SSSR count). The van der Waals surface area contributed by atoms with Gasteiger partial charge < -0.3 is 14.1 Å². The van der Waals surface area contributed by atoms with Gasteiger partial charge in [-0.1, -0.05) is 178 Å². The Morgan fingerprint density at radius 1 is 0.446 bits per heavy atom. The average Bonchev–Trinajstić information content (AvgIpc) is 3.67. The zero-order chi connectivity index (χ0) is 45.2. The quantitative estimate of drug-likeness (QED) is 0.165. The van der Waals surface area contributed by atoms with E-state index >= 15 is 0 Å². The van der Waals surface area contributed by atoms with Crippen molar-refractivity contribution in [1.82, 2.24) is 0 Å². The second-order valence-corrected chi connectivity index (χ2v) is 21.5. The highest BCUT2D eigenvalue weighted by Crippen LogP contribution is 2.53. The van der Waals surface area contributed by atoms with Crippen molar-refractivity contribution in [3.05, 3.63) is 186 Å². The largest absolute Gasteiger partial charge is 0.454 e. The Hall–Kier alpha value is -6.78. The maximum Gasteiger partial charge on any atom is 0.333 e. The highest BCUT2D eigenvalue weighted by atomic mass is 16.3. The van der Waals surface area contributed by atoms with Gasteiger partial charge in [0.2, 0.25) is 0 Å². The molecule has 0 N–H and O–H groups in total. The molecule has 0 atom stereocenters. The third-order valence-electron chi connectivity index (χ3n) is 14.1. The summed E-state index contributed by atoms with van der Waals surface area (Å²) < 4.78 is 7.18. The molecule has 8 aromatic carbocycles. The van der Waals surface area contributed by atoms with Crippen molar-refractivity contribution in [2.45, 2.75) is 85.5 Å². The number of rotatable bonds is 4. The molecule has 320 valence electrons. The Bertz CT molecular complexity index is 3340. The molecule has 2 aliphatic heterocycles. The van der Waals surface area contributed by atoms with E-state index in [2.05, 4.69) is 243 Å². The van der Waals surface area contributed by atoms with Crippen LogP contribution in [0.2, 0.25) is 0 Å². The lowest BCUT2D eigenvalue weighted by Crippen LogP contribution is -2.61. The topological polar surface area (TPSA) is 19.6 Å². The summed E-state index contributed by atoms with van der Waals surface area (Å²) in [5.74, 6) is 0. The number of hydrogen-bond donors (Lipinski definition) is 0. The Kier molecular flexibility index (Phi) is 9.22. The van der Waals surface area contributed by atoms with Gasteiger partial charge >= 0.3 is 6.85 Å². The van der Waals surface area contributed by atoms with Crippen LogP contribution >= 0.6 is 0 Å². The number of furan rings is 1.